The number of piperazine rings is 1. The Bertz CT molecular complexity index is 434. The molecule has 1 aromatic carbocycles. The van der Waals surface area contributed by atoms with E-state index in [1.807, 2.05) is 6.07 Å². The number of nitrogens with zero attached hydrogens (tertiary/aromatic N) is 1. The fourth-order valence-corrected chi connectivity index (χ4v) is 2.52. The zero-order chi connectivity index (χ0) is 13.3. The minimum absolute atomic E-state index is 0.0577. The first-order chi connectivity index (χ1) is 8.40. The summed E-state index contributed by atoms with van der Waals surface area (Å²) >= 11 is 6.02. The van der Waals surface area contributed by atoms with E-state index in [2.05, 4.69) is 31.0 Å². The van der Waals surface area contributed by atoms with Gasteiger partial charge in [-0.3, -0.25) is 4.90 Å². The molecule has 1 N–H and O–H groups in total. The van der Waals surface area contributed by atoms with Gasteiger partial charge in [-0.05, 0) is 32.4 Å². The topological polar surface area (TPSA) is 15.3 Å². The first kappa shape index (κ1) is 13.8. The summed E-state index contributed by atoms with van der Waals surface area (Å²) in [6.07, 6.45) is 0. The summed E-state index contributed by atoms with van der Waals surface area (Å²) in [4.78, 5) is 2.36. The first-order valence-electron chi connectivity index (χ1n) is 6.31. The summed E-state index contributed by atoms with van der Waals surface area (Å²) in [6.45, 7) is 9.12. The third kappa shape index (κ3) is 2.85. The molecule has 1 aliphatic rings. The van der Waals surface area contributed by atoms with E-state index in [0.29, 0.717) is 12.6 Å². The molecule has 18 heavy (non-hydrogen) atoms. The van der Waals surface area contributed by atoms with Crippen LogP contribution in [0.1, 0.15) is 26.3 Å². The molecule has 0 bridgehead atoms. The van der Waals surface area contributed by atoms with Crippen LogP contribution in [0.4, 0.5) is 4.39 Å². The fraction of sp³-hybridized carbons (Fsp3) is 0.571. The van der Waals surface area contributed by atoms with Crippen LogP contribution in [-0.2, 0) is 6.54 Å². The molecule has 1 fully saturated rings. The Morgan fingerprint density at radius 1 is 1.50 bits per heavy atom. The maximum absolute atomic E-state index is 13.4. The molecule has 0 amide bonds. The second-order valence-electron chi connectivity index (χ2n) is 5.69. The molecule has 2 nitrogen and oxygen atoms in total. The maximum Gasteiger partial charge on any atom is 0.142 e. The van der Waals surface area contributed by atoms with E-state index < -0.39 is 0 Å². The lowest BCUT2D eigenvalue weighted by Gasteiger charge is -2.45. The van der Waals surface area contributed by atoms with Crippen molar-refractivity contribution in [1.29, 1.82) is 0 Å². The van der Waals surface area contributed by atoms with E-state index in [1.165, 1.54) is 6.07 Å². The minimum Gasteiger partial charge on any atom is -0.311 e. The molecule has 2 rings (SSSR count). The molecule has 1 saturated heterocycles. The zero-order valence-corrected chi connectivity index (χ0v) is 11.9. The Labute approximate surface area is 113 Å². The lowest BCUT2D eigenvalue weighted by Crippen LogP contribution is -2.60. The Morgan fingerprint density at radius 2 is 2.22 bits per heavy atom. The van der Waals surface area contributed by atoms with Gasteiger partial charge in [-0.15, -0.1) is 0 Å². The summed E-state index contributed by atoms with van der Waals surface area (Å²) in [5, 5.41) is 3.71. The molecule has 0 aliphatic carbocycles. The van der Waals surface area contributed by atoms with Crippen molar-refractivity contribution in [3.05, 3.63) is 34.6 Å². The van der Waals surface area contributed by atoms with E-state index in [-0.39, 0.29) is 16.4 Å². The summed E-state index contributed by atoms with van der Waals surface area (Å²) in [7, 11) is 0. The first-order valence-corrected chi connectivity index (χ1v) is 6.69. The van der Waals surface area contributed by atoms with Crippen LogP contribution in [0.2, 0.25) is 5.02 Å². The van der Waals surface area contributed by atoms with Gasteiger partial charge in [0.1, 0.15) is 5.82 Å². The van der Waals surface area contributed by atoms with Crippen molar-refractivity contribution >= 4 is 11.6 Å². The third-order valence-corrected chi connectivity index (χ3v) is 4.05. The molecule has 0 spiro atoms. The summed E-state index contributed by atoms with van der Waals surface area (Å²) in [6, 6.07) is 5.46. The van der Waals surface area contributed by atoms with Gasteiger partial charge in [-0.1, -0.05) is 23.7 Å². The molecule has 1 heterocycles. The summed E-state index contributed by atoms with van der Waals surface area (Å²) < 4.78 is 13.4. The average molecular weight is 271 g/mol. The van der Waals surface area contributed by atoms with Crippen molar-refractivity contribution < 1.29 is 4.39 Å². The predicted molar refractivity (Wildman–Crippen MR) is 73.4 cm³/mol. The lowest BCUT2D eigenvalue weighted by atomic mass is 9.97. The monoisotopic (exact) mass is 270 g/mol. The second kappa shape index (κ2) is 5.16. The maximum atomic E-state index is 13.4. The van der Waals surface area contributed by atoms with E-state index in [0.717, 1.165) is 18.7 Å². The Balaban J connectivity index is 2.19. The SMILES string of the molecule is CC1CN(Cc2cccc(F)c2Cl)C(C)(C)CN1. The van der Waals surface area contributed by atoms with Crippen molar-refractivity contribution in [2.24, 2.45) is 0 Å². The van der Waals surface area contributed by atoms with Crippen LogP contribution < -0.4 is 5.32 Å². The Hall–Kier alpha value is -0.640. The quantitative estimate of drug-likeness (QED) is 0.889. The summed E-state index contributed by atoms with van der Waals surface area (Å²) in [5.41, 5.74) is 0.918. The van der Waals surface area contributed by atoms with Crippen LogP contribution in [0, 0.1) is 5.82 Å². The van der Waals surface area contributed by atoms with Gasteiger partial charge < -0.3 is 5.32 Å². The zero-order valence-electron chi connectivity index (χ0n) is 11.1. The van der Waals surface area contributed by atoms with Gasteiger partial charge in [-0.25, -0.2) is 4.39 Å². The van der Waals surface area contributed by atoms with E-state index >= 15 is 0 Å². The average Bonchev–Trinajstić information content (AvgIpc) is 2.30. The van der Waals surface area contributed by atoms with Crippen molar-refractivity contribution in [3.63, 3.8) is 0 Å². The molecule has 0 aromatic heterocycles. The van der Waals surface area contributed by atoms with Crippen LogP contribution in [0.15, 0.2) is 18.2 Å². The highest BCUT2D eigenvalue weighted by atomic mass is 35.5. The van der Waals surface area contributed by atoms with Gasteiger partial charge >= 0.3 is 0 Å². The smallest absolute Gasteiger partial charge is 0.142 e. The normalized spacial score (nSPS) is 24.2. The van der Waals surface area contributed by atoms with Gasteiger partial charge in [0.05, 0.1) is 5.02 Å². The molecule has 4 heteroatoms. The molecule has 1 aliphatic heterocycles. The van der Waals surface area contributed by atoms with Crippen LogP contribution in [-0.4, -0.2) is 29.6 Å². The predicted octanol–water partition coefficient (Wildman–Crippen LogP) is 3.05. The largest absolute Gasteiger partial charge is 0.311 e. The molecular weight excluding hydrogens is 251 g/mol. The van der Waals surface area contributed by atoms with Crippen LogP contribution >= 0.6 is 11.6 Å². The highest BCUT2D eigenvalue weighted by Gasteiger charge is 2.32. The van der Waals surface area contributed by atoms with Gasteiger partial charge in [0.2, 0.25) is 0 Å². The lowest BCUT2D eigenvalue weighted by molar-refractivity contribution is 0.0626. The molecule has 1 unspecified atom stereocenters. The van der Waals surface area contributed by atoms with E-state index in [1.54, 1.807) is 6.07 Å². The standard InChI is InChI=1S/C14H20ClFN2/c1-10-7-18(14(2,3)9-17-10)8-11-5-4-6-12(16)13(11)15/h4-6,10,17H,7-9H2,1-3H3. The van der Waals surface area contributed by atoms with E-state index in [9.17, 15) is 4.39 Å². The number of rotatable bonds is 2. The highest BCUT2D eigenvalue weighted by Crippen LogP contribution is 2.26. The van der Waals surface area contributed by atoms with Gasteiger partial charge in [0, 0.05) is 31.2 Å². The van der Waals surface area contributed by atoms with Crippen molar-refractivity contribution in [2.75, 3.05) is 13.1 Å². The fourth-order valence-electron chi connectivity index (χ4n) is 2.33. The molecule has 1 atom stereocenters. The van der Waals surface area contributed by atoms with Gasteiger partial charge in [-0.2, -0.15) is 0 Å². The number of halogens is 2. The molecule has 0 saturated carbocycles. The van der Waals surface area contributed by atoms with Crippen LogP contribution in [0.25, 0.3) is 0 Å². The van der Waals surface area contributed by atoms with E-state index in [4.69, 9.17) is 11.6 Å². The number of nitrogens with one attached hydrogen (secondary N) is 1. The number of benzene rings is 1. The molecule has 100 valence electrons. The van der Waals surface area contributed by atoms with Crippen LogP contribution in [0.5, 0.6) is 0 Å². The Morgan fingerprint density at radius 3 is 2.94 bits per heavy atom. The summed E-state index contributed by atoms with van der Waals surface area (Å²) in [5.74, 6) is -0.338. The number of hydrogen-bond donors (Lipinski definition) is 1. The van der Waals surface area contributed by atoms with Gasteiger partial charge in [0.15, 0.2) is 0 Å². The highest BCUT2D eigenvalue weighted by molar-refractivity contribution is 6.31. The van der Waals surface area contributed by atoms with Crippen molar-refractivity contribution in [1.82, 2.24) is 10.2 Å². The van der Waals surface area contributed by atoms with Crippen molar-refractivity contribution in [2.45, 2.75) is 38.9 Å². The van der Waals surface area contributed by atoms with Crippen molar-refractivity contribution in [3.8, 4) is 0 Å². The van der Waals surface area contributed by atoms with Crippen LogP contribution in [0.3, 0.4) is 0 Å². The number of hydrogen-bond acceptors (Lipinski definition) is 2. The second-order valence-corrected chi connectivity index (χ2v) is 6.07. The van der Waals surface area contributed by atoms with Gasteiger partial charge in [0.25, 0.3) is 0 Å². The molecular formula is C14H20ClFN2. The molecule has 1 aromatic rings. The third-order valence-electron chi connectivity index (χ3n) is 3.63. The molecule has 0 radical (unpaired) electrons. The minimum atomic E-state index is -0.338. The Kier molecular flexibility index (Phi) is 3.95.